The summed E-state index contributed by atoms with van der Waals surface area (Å²) < 4.78 is 45.1. The summed E-state index contributed by atoms with van der Waals surface area (Å²) in [6.07, 6.45) is -1.37. The minimum Gasteiger partial charge on any atom is -0.390 e. The van der Waals surface area contributed by atoms with Crippen LogP contribution in [0.2, 0.25) is 0 Å². The molecule has 4 aliphatic carbocycles. The fourth-order valence-corrected chi connectivity index (χ4v) is 8.36. The predicted molar refractivity (Wildman–Crippen MR) is 114 cm³/mol. The summed E-state index contributed by atoms with van der Waals surface area (Å²) in [5, 5.41) is 21.3. The van der Waals surface area contributed by atoms with Crippen LogP contribution in [-0.2, 0) is 19.1 Å². The molecule has 0 aromatic rings. The third-order valence-corrected chi connectivity index (χ3v) is 9.90. The Labute approximate surface area is 192 Å². The number of Topliss-reactive ketones (excluding diaryl/α,β-unsaturated/α-hetero) is 1. The van der Waals surface area contributed by atoms with Gasteiger partial charge in [-0.3, -0.25) is 9.59 Å². The Morgan fingerprint density at radius 3 is 2.67 bits per heavy atom. The molecule has 5 aliphatic rings. The second-order valence-corrected chi connectivity index (χ2v) is 11.2. The van der Waals surface area contributed by atoms with Gasteiger partial charge in [0.2, 0.25) is 0 Å². The zero-order valence-electron chi connectivity index (χ0n) is 19.5. The van der Waals surface area contributed by atoms with E-state index in [-0.39, 0.29) is 37.0 Å². The fraction of sp³-hybridized carbons (Fsp3) is 0.840. The monoisotopic (exact) mass is 468 g/mol. The van der Waals surface area contributed by atoms with Crippen molar-refractivity contribution in [3.05, 3.63) is 11.6 Å². The van der Waals surface area contributed by atoms with Crippen molar-refractivity contribution < 1.29 is 38.1 Å². The average Bonchev–Trinajstić information content (AvgIpc) is 3.24. The Hall–Kier alpha value is -1.22. The first-order chi connectivity index (χ1) is 15.5. The second kappa shape index (κ2) is 7.39. The molecule has 4 fully saturated rings. The van der Waals surface area contributed by atoms with Crippen LogP contribution in [0.1, 0.15) is 65.7 Å². The van der Waals surface area contributed by atoms with E-state index in [4.69, 9.17) is 9.47 Å². The van der Waals surface area contributed by atoms with Gasteiger partial charge in [0.1, 0.15) is 18.4 Å². The van der Waals surface area contributed by atoms with Crippen LogP contribution >= 0.6 is 0 Å². The molecule has 4 unspecified atom stereocenters. The molecule has 33 heavy (non-hydrogen) atoms. The maximum atomic E-state index is 17.2. The maximum Gasteiger partial charge on any atom is 0.193 e. The van der Waals surface area contributed by atoms with Gasteiger partial charge in [-0.15, -0.1) is 0 Å². The first-order valence-electron chi connectivity index (χ1n) is 12.2. The Morgan fingerprint density at radius 2 is 2.00 bits per heavy atom. The molecule has 3 saturated carbocycles. The number of hydrogen-bond acceptors (Lipinski definition) is 6. The van der Waals surface area contributed by atoms with Crippen LogP contribution in [0.3, 0.4) is 0 Å². The number of aliphatic hydroxyl groups excluding tert-OH is 2. The number of aliphatic hydroxyl groups is 2. The van der Waals surface area contributed by atoms with Crippen LogP contribution in [0.5, 0.6) is 0 Å². The second-order valence-electron chi connectivity index (χ2n) is 11.2. The molecule has 1 aliphatic heterocycles. The van der Waals surface area contributed by atoms with Gasteiger partial charge >= 0.3 is 0 Å². The van der Waals surface area contributed by atoms with E-state index in [9.17, 15) is 19.8 Å². The van der Waals surface area contributed by atoms with E-state index in [0.717, 1.165) is 6.42 Å². The smallest absolute Gasteiger partial charge is 0.193 e. The van der Waals surface area contributed by atoms with Gasteiger partial charge in [-0.2, -0.15) is 0 Å². The molecule has 8 heteroatoms. The zero-order valence-corrected chi connectivity index (χ0v) is 19.5. The van der Waals surface area contributed by atoms with Crippen molar-refractivity contribution in [3.63, 3.8) is 0 Å². The lowest BCUT2D eigenvalue weighted by Crippen LogP contribution is -2.71. The standard InChI is InChI=1S/C25H34F2O6/c1-4-5-21-32-20-10-14-15-9-17(26)16-8-13(29)6-7-22(16,2)24(15,27)18(30)11-23(14,3)25(20,33-21)19(31)12-28/h8,14-15,17-18,20-21,28,30H,4-7,9-12H2,1-3H3/t14?,15?,17-,18?,20+,21?,22-,23-,24-,25+/m0/s1. The van der Waals surface area contributed by atoms with E-state index in [1.807, 2.05) is 6.92 Å². The molecule has 0 radical (unpaired) electrons. The van der Waals surface area contributed by atoms with Crippen molar-refractivity contribution in [2.75, 3.05) is 6.61 Å². The van der Waals surface area contributed by atoms with Crippen LogP contribution in [0.4, 0.5) is 8.78 Å². The Balaban J connectivity index is 1.61. The number of carbonyl (C=O) groups is 2. The number of ketones is 2. The van der Waals surface area contributed by atoms with Crippen LogP contribution < -0.4 is 0 Å². The van der Waals surface area contributed by atoms with Gasteiger partial charge in [-0.25, -0.2) is 8.78 Å². The number of carbonyl (C=O) groups excluding carboxylic acids is 2. The molecule has 0 spiro atoms. The molecule has 1 saturated heterocycles. The molecule has 0 bridgehead atoms. The average molecular weight is 469 g/mol. The Morgan fingerprint density at radius 1 is 1.27 bits per heavy atom. The molecule has 0 aromatic carbocycles. The van der Waals surface area contributed by atoms with E-state index < -0.39 is 71.0 Å². The Bertz CT molecular complexity index is 907. The third kappa shape index (κ3) is 2.67. The summed E-state index contributed by atoms with van der Waals surface area (Å²) in [4.78, 5) is 25.2. The van der Waals surface area contributed by atoms with Crippen molar-refractivity contribution in [2.24, 2.45) is 22.7 Å². The zero-order chi connectivity index (χ0) is 24.0. The number of allylic oxidation sites excluding steroid dienone is 1. The number of halogens is 2. The SMILES string of the molecule is CCCC1O[C@@H]2CC3C4C[C@H](F)C5=CC(=O)CC[C@]5(C)[C@@]4(F)C(O)C[C@]3(C)[C@]2(C(=O)CO)O1. The number of fused-ring (bicyclic) bond motifs is 7. The van der Waals surface area contributed by atoms with E-state index in [1.54, 1.807) is 13.8 Å². The number of hydrogen-bond donors (Lipinski definition) is 2. The molecular formula is C25H34F2O6. The highest BCUT2D eigenvalue weighted by molar-refractivity contribution is 5.92. The van der Waals surface area contributed by atoms with E-state index >= 15 is 8.78 Å². The first kappa shape index (κ1) is 23.5. The summed E-state index contributed by atoms with van der Waals surface area (Å²) in [5.41, 5.74) is -5.82. The van der Waals surface area contributed by atoms with Gasteiger partial charge in [0.05, 0.1) is 12.2 Å². The molecule has 0 aromatic heterocycles. The quantitative estimate of drug-likeness (QED) is 0.659. The molecule has 0 amide bonds. The van der Waals surface area contributed by atoms with Crippen LogP contribution in [0.15, 0.2) is 11.6 Å². The number of alkyl halides is 2. The molecule has 5 rings (SSSR count). The maximum absolute atomic E-state index is 17.2. The first-order valence-corrected chi connectivity index (χ1v) is 12.2. The third-order valence-electron chi connectivity index (χ3n) is 9.90. The van der Waals surface area contributed by atoms with E-state index in [2.05, 4.69) is 0 Å². The van der Waals surface area contributed by atoms with Crippen LogP contribution in [0, 0.1) is 22.7 Å². The molecular weight excluding hydrogens is 434 g/mol. The topological polar surface area (TPSA) is 93.1 Å². The van der Waals surface area contributed by atoms with Crippen molar-refractivity contribution in [2.45, 2.75) is 102 Å². The molecule has 10 atom stereocenters. The lowest BCUT2D eigenvalue weighted by molar-refractivity contribution is -0.242. The molecule has 2 N–H and O–H groups in total. The highest BCUT2D eigenvalue weighted by Gasteiger charge is 2.80. The van der Waals surface area contributed by atoms with Gasteiger partial charge in [0, 0.05) is 23.2 Å². The lowest BCUT2D eigenvalue weighted by Gasteiger charge is -2.64. The van der Waals surface area contributed by atoms with Crippen molar-refractivity contribution in [1.82, 2.24) is 0 Å². The van der Waals surface area contributed by atoms with Gasteiger partial charge < -0.3 is 19.7 Å². The van der Waals surface area contributed by atoms with Crippen LogP contribution in [0.25, 0.3) is 0 Å². The number of ether oxygens (including phenoxy) is 2. The van der Waals surface area contributed by atoms with Gasteiger partial charge in [-0.05, 0) is 49.7 Å². The van der Waals surface area contributed by atoms with E-state index in [0.29, 0.717) is 12.8 Å². The number of rotatable bonds is 4. The van der Waals surface area contributed by atoms with Gasteiger partial charge in [0.15, 0.2) is 23.5 Å². The minimum absolute atomic E-state index is 0.0666. The van der Waals surface area contributed by atoms with E-state index in [1.165, 1.54) is 6.08 Å². The fourth-order valence-electron chi connectivity index (χ4n) is 8.36. The largest absolute Gasteiger partial charge is 0.390 e. The summed E-state index contributed by atoms with van der Waals surface area (Å²) >= 11 is 0. The van der Waals surface area contributed by atoms with Gasteiger partial charge in [0.25, 0.3) is 0 Å². The lowest BCUT2D eigenvalue weighted by atomic mass is 9.43. The minimum atomic E-state index is -2.14. The van der Waals surface area contributed by atoms with Crippen LogP contribution in [-0.4, -0.2) is 64.3 Å². The highest BCUT2D eigenvalue weighted by atomic mass is 19.1. The summed E-state index contributed by atoms with van der Waals surface area (Å²) in [6, 6.07) is 0. The summed E-state index contributed by atoms with van der Waals surface area (Å²) in [5.74, 6) is -2.10. The highest BCUT2D eigenvalue weighted by Crippen LogP contribution is 2.72. The Kier molecular flexibility index (Phi) is 5.27. The van der Waals surface area contributed by atoms with Crippen molar-refractivity contribution in [3.8, 4) is 0 Å². The van der Waals surface area contributed by atoms with Crippen molar-refractivity contribution in [1.29, 1.82) is 0 Å². The predicted octanol–water partition coefficient (Wildman–Crippen LogP) is 2.98. The van der Waals surface area contributed by atoms with Gasteiger partial charge in [-0.1, -0.05) is 27.2 Å². The summed E-state index contributed by atoms with van der Waals surface area (Å²) in [6.45, 7) is 4.65. The summed E-state index contributed by atoms with van der Waals surface area (Å²) in [7, 11) is 0. The normalized spacial score (nSPS) is 53.1. The molecule has 184 valence electrons. The molecule has 1 heterocycles. The molecule has 6 nitrogen and oxygen atoms in total. The van der Waals surface area contributed by atoms with Crippen molar-refractivity contribution >= 4 is 11.6 Å².